The second-order valence-corrected chi connectivity index (χ2v) is 11.0. The molecule has 0 aromatic heterocycles. The van der Waals surface area contributed by atoms with Crippen molar-refractivity contribution in [1.82, 2.24) is 10.8 Å². The molecule has 3 fully saturated rings. The van der Waals surface area contributed by atoms with Crippen molar-refractivity contribution < 1.29 is 39.5 Å². The summed E-state index contributed by atoms with van der Waals surface area (Å²) < 4.78 is 0. The largest absolute Gasteiger partial charge is 0.481 e. The van der Waals surface area contributed by atoms with Crippen molar-refractivity contribution in [3.8, 4) is 0 Å². The molecule has 0 bridgehead atoms. The summed E-state index contributed by atoms with van der Waals surface area (Å²) in [7, 11) is 0. The summed E-state index contributed by atoms with van der Waals surface area (Å²) in [6.45, 7) is 1.15. The van der Waals surface area contributed by atoms with E-state index in [1.54, 1.807) is 0 Å². The number of rotatable bonds is 13. The molecule has 4 N–H and O–H groups in total. The summed E-state index contributed by atoms with van der Waals surface area (Å²) in [6.07, 6.45) is 6.29. The molecule has 216 valence electrons. The van der Waals surface area contributed by atoms with Gasteiger partial charge in [0.15, 0.2) is 0 Å². The SMILES string of the molecule is O=C(O)C1CCCC([N+](=O)[O-])C1C(=O)NCC1CCC(CNOCC2C(COO)CCCC2[N+](=O)[O-])CC1. The molecule has 0 aromatic carbocycles. The number of carbonyl (C=O) groups is 2. The topological polar surface area (TPSA) is 203 Å². The molecule has 14 nitrogen and oxygen atoms in total. The van der Waals surface area contributed by atoms with E-state index in [0.29, 0.717) is 38.3 Å². The van der Waals surface area contributed by atoms with Crippen LogP contribution in [0, 0.1) is 55.7 Å². The quantitative estimate of drug-likeness (QED) is 0.114. The van der Waals surface area contributed by atoms with Crippen LogP contribution >= 0.6 is 0 Å². The summed E-state index contributed by atoms with van der Waals surface area (Å²) in [6, 6.07) is -1.90. The number of nitrogens with one attached hydrogen (secondary N) is 2. The minimum absolute atomic E-state index is 0.0450. The molecule has 0 saturated heterocycles. The van der Waals surface area contributed by atoms with Crippen molar-refractivity contribution in [1.29, 1.82) is 0 Å². The molecule has 0 spiro atoms. The molecule has 3 aliphatic carbocycles. The third-order valence-electron chi connectivity index (χ3n) is 8.77. The van der Waals surface area contributed by atoms with E-state index < -0.39 is 40.7 Å². The van der Waals surface area contributed by atoms with Crippen LogP contribution in [0.5, 0.6) is 0 Å². The lowest BCUT2D eigenvalue weighted by Gasteiger charge is -2.33. The highest BCUT2D eigenvalue weighted by atomic mass is 17.1. The van der Waals surface area contributed by atoms with Crippen molar-refractivity contribution in [2.75, 3.05) is 26.3 Å². The highest BCUT2D eigenvalue weighted by Gasteiger charge is 2.48. The molecule has 0 heterocycles. The van der Waals surface area contributed by atoms with E-state index in [4.69, 9.17) is 10.1 Å². The van der Waals surface area contributed by atoms with Gasteiger partial charge in [0.1, 0.15) is 5.92 Å². The lowest BCUT2D eigenvalue weighted by molar-refractivity contribution is -0.540. The van der Waals surface area contributed by atoms with Gasteiger partial charge in [-0.1, -0.05) is 0 Å². The van der Waals surface area contributed by atoms with E-state index >= 15 is 0 Å². The van der Waals surface area contributed by atoms with Crippen LogP contribution in [0.15, 0.2) is 0 Å². The Kier molecular flexibility index (Phi) is 11.6. The molecule has 3 saturated carbocycles. The second-order valence-electron chi connectivity index (χ2n) is 11.0. The van der Waals surface area contributed by atoms with Crippen molar-refractivity contribution >= 4 is 11.9 Å². The number of carboxylic acid groups (broad SMARTS) is 1. The van der Waals surface area contributed by atoms with E-state index in [-0.39, 0.29) is 48.7 Å². The molecular formula is C24H40N4O10. The number of hydrogen-bond acceptors (Lipinski definition) is 10. The van der Waals surface area contributed by atoms with E-state index in [0.717, 1.165) is 32.1 Å². The molecule has 3 rings (SSSR count). The average Bonchev–Trinajstić information content (AvgIpc) is 2.90. The van der Waals surface area contributed by atoms with Crippen LogP contribution in [-0.2, 0) is 19.3 Å². The third-order valence-corrected chi connectivity index (χ3v) is 8.77. The summed E-state index contributed by atoms with van der Waals surface area (Å²) in [4.78, 5) is 56.4. The average molecular weight is 545 g/mol. The van der Waals surface area contributed by atoms with E-state index in [1.807, 2.05) is 0 Å². The smallest absolute Gasteiger partial charge is 0.307 e. The molecule has 3 aliphatic rings. The molecule has 6 atom stereocenters. The van der Waals surface area contributed by atoms with Gasteiger partial charge in [-0.15, -0.1) is 0 Å². The van der Waals surface area contributed by atoms with Crippen LogP contribution in [0.2, 0.25) is 0 Å². The Bertz CT molecular complexity index is 798. The summed E-state index contributed by atoms with van der Waals surface area (Å²) in [5, 5.41) is 44.0. The molecule has 1 amide bonds. The maximum absolute atomic E-state index is 12.8. The first-order valence-electron chi connectivity index (χ1n) is 13.6. The first-order chi connectivity index (χ1) is 18.2. The van der Waals surface area contributed by atoms with Crippen LogP contribution in [0.3, 0.4) is 0 Å². The summed E-state index contributed by atoms with van der Waals surface area (Å²) >= 11 is 0. The fraction of sp³-hybridized carbons (Fsp3) is 0.917. The zero-order valence-corrected chi connectivity index (χ0v) is 21.6. The predicted molar refractivity (Wildman–Crippen MR) is 132 cm³/mol. The number of hydroxylamine groups is 1. The second kappa shape index (κ2) is 14.7. The summed E-state index contributed by atoms with van der Waals surface area (Å²) in [5.41, 5.74) is 2.95. The Hall–Kier alpha value is -2.42. The standard InChI is InChI=1S/C24H40N4O10/c29-23(22-18(24(30)31)4-2-6-21(22)28(34)35)25-11-15-7-9-16(10-8-15)12-26-37-14-19-17(13-38-36)3-1-5-20(19)27(32)33/h15-22,26,36H,1-14H2,(H,25,29)(H,30,31). The van der Waals surface area contributed by atoms with Crippen LogP contribution in [-0.4, -0.2) is 70.5 Å². The lowest BCUT2D eigenvalue weighted by atomic mass is 9.75. The van der Waals surface area contributed by atoms with Gasteiger partial charge in [-0.2, -0.15) is 0 Å². The minimum atomic E-state index is -1.17. The van der Waals surface area contributed by atoms with Gasteiger partial charge in [0.25, 0.3) is 0 Å². The normalized spacial score (nSPS) is 33.8. The summed E-state index contributed by atoms with van der Waals surface area (Å²) in [5.74, 6) is -3.85. The Balaban J connectivity index is 1.38. The predicted octanol–water partition coefficient (Wildman–Crippen LogP) is 2.13. The zero-order chi connectivity index (χ0) is 27.7. The van der Waals surface area contributed by atoms with Gasteiger partial charge in [0.2, 0.25) is 18.0 Å². The van der Waals surface area contributed by atoms with Crippen molar-refractivity contribution in [2.45, 2.75) is 76.3 Å². The minimum Gasteiger partial charge on any atom is -0.481 e. The van der Waals surface area contributed by atoms with Crippen LogP contribution < -0.4 is 10.8 Å². The Morgan fingerprint density at radius 3 is 2.05 bits per heavy atom. The van der Waals surface area contributed by atoms with E-state index in [2.05, 4.69) is 15.7 Å². The van der Waals surface area contributed by atoms with Gasteiger partial charge in [-0.3, -0.25) is 35.1 Å². The molecule has 6 unspecified atom stereocenters. The molecule has 0 radical (unpaired) electrons. The van der Waals surface area contributed by atoms with Crippen molar-refractivity contribution in [2.24, 2.45) is 35.5 Å². The molecule has 14 heteroatoms. The first-order valence-corrected chi connectivity index (χ1v) is 13.6. The Morgan fingerprint density at radius 1 is 0.842 bits per heavy atom. The van der Waals surface area contributed by atoms with Gasteiger partial charge in [0.05, 0.1) is 25.0 Å². The third kappa shape index (κ3) is 8.04. The van der Waals surface area contributed by atoms with Crippen LogP contribution in [0.1, 0.15) is 64.2 Å². The Labute approximate surface area is 221 Å². The first kappa shape index (κ1) is 30.1. The van der Waals surface area contributed by atoms with Crippen LogP contribution in [0.4, 0.5) is 0 Å². The number of carboxylic acids is 1. The van der Waals surface area contributed by atoms with Crippen LogP contribution in [0.25, 0.3) is 0 Å². The fourth-order valence-electron chi connectivity index (χ4n) is 6.52. The number of aliphatic carboxylic acids is 1. The highest BCUT2D eigenvalue weighted by molar-refractivity contribution is 5.85. The zero-order valence-electron chi connectivity index (χ0n) is 21.6. The molecule has 0 aromatic rings. The monoisotopic (exact) mass is 544 g/mol. The van der Waals surface area contributed by atoms with Crippen molar-refractivity contribution in [3.63, 3.8) is 0 Å². The molecular weight excluding hydrogens is 504 g/mol. The fourth-order valence-corrected chi connectivity index (χ4v) is 6.52. The molecule has 0 aliphatic heterocycles. The Morgan fingerprint density at radius 2 is 1.45 bits per heavy atom. The highest BCUT2D eigenvalue weighted by Crippen LogP contribution is 2.34. The van der Waals surface area contributed by atoms with Gasteiger partial charge in [0, 0.05) is 35.8 Å². The number of nitrogens with zero attached hydrogens (tertiary/aromatic N) is 2. The van der Waals surface area contributed by atoms with E-state index in [9.17, 15) is 34.9 Å². The van der Waals surface area contributed by atoms with Gasteiger partial charge >= 0.3 is 5.97 Å². The van der Waals surface area contributed by atoms with Gasteiger partial charge < -0.3 is 15.3 Å². The van der Waals surface area contributed by atoms with Gasteiger partial charge in [-0.05, 0) is 69.1 Å². The number of hydrogen-bond donors (Lipinski definition) is 4. The lowest BCUT2D eigenvalue weighted by Crippen LogP contribution is -2.50. The number of amides is 1. The van der Waals surface area contributed by atoms with Gasteiger partial charge in [-0.25, -0.2) is 10.4 Å². The molecule has 38 heavy (non-hydrogen) atoms. The van der Waals surface area contributed by atoms with E-state index in [1.165, 1.54) is 0 Å². The van der Waals surface area contributed by atoms with Crippen molar-refractivity contribution in [3.05, 3.63) is 20.2 Å². The maximum Gasteiger partial charge on any atom is 0.307 e. The number of carbonyl (C=O) groups excluding carboxylic acids is 1. The maximum atomic E-state index is 12.8. The number of nitro groups is 2.